The molecule has 0 radical (unpaired) electrons. The van der Waals surface area contributed by atoms with E-state index in [1.807, 2.05) is 0 Å². The Morgan fingerprint density at radius 1 is 0.417 bits per heavy atom. The van der Waals surface area contributed by atoms with Crippen LogP contribution >= 0.6 is 7.92 Å². The molecule has 144 valence electrons. The van der Waals surface area contributed by atoms with E-state index in [0.717, 1.165) is 0 Å². The van der Waals surface area contributed by atoms with E-state index in [-0.39, 0.29) is 0 Å². The first-order valence-electron chi connectivity index (χ1n) is 11.1. The average molecular weight is 532 g/mol. The van der Waals surface area contributed by atoms with Gasteiger partial charge in [0.1, 0.15) is 0 Å². The Balaban J connectivity index is 0.000000244. The molecular weight excluding hydrogens is 490 g/mol. The summed E-state index contributed by atoms with van der Waals surface area (Å²) in [4.78, 5) is 6.97. The summed E-state index contributed by atoms with van der Waals surface area (Å²) in [6.07, 6.45) is 23.6. The molecule has 0 atom stereocenters. The molecule has 5 aliphatic rings. The van der Waals surface area contributed by atoms with Crippen LogP contribution in [0.5, 0.6) is 0 Å². The first-order chi connectivity index (χ1) is 11.9. The molecule has 0 aromatic carbocycles. The van der Waals surface area contributed by atoms with E-state index >= 15 is 0 Å². The number of hydrogen-bond acceptors (Lipinski definition) is 0. The van der Waals surface area contributed by atoms with Gasteiger partial charge in [0, 0.05) is 0 Å². The van der Waals surface area contributed by atoms with Gasteiger partial charge in [0.15, 0.2) is 0 Å². The van der Waals surface area contributed by atoms with Crippen molar-refractivity contribution in [1.82, 2.24) is 0 Å². The van der Waals surface area contributed by atoms with Crippen molar-refractivity contribution < 1.29 is 16.1 Å². The normalized spacial score (nSPS) is 32.2. The molecule has 5 rings (SSSR count). The molecule has 0 bridgehead atoms. The zero-order valence-corrected chi connectivity index (χ0v) is 19.1. The van der Waals surface area contributed by atoms with Gasteiger partial charge >= 0.3 is 35.3 Å². The molecule has 0 aromatic rings. The van der Waals surface area contributed by atoms with Crippen molar-refractivity contribution in [3.63, 3.8) is 0 Å². The van der Waals surface area contributed by atoms with Crippen molar-refractivity contribution in [3.8, 4) is 0 Å². The molecule has 3 saturated carbocycles. The van der Waals surface area contributed by atoms with E-state index in [4.69, 9.17) is 0 Å². The second kappa shape index (κ2) is 8.87. The van der Waals surface area contributed by atoms with Gasteiger partial charge in [-0.15, -0.1) is 0 Å². The molecule has 2 heterocycles. The number of rotatable bonds is 3. The van der Waals surface area contributed by atoms with E-state index < -0.39 is 16.1 Å². The summed E-state index contributed by atoms with van der Waals surface area (Å²) in [5.41, 5.74) is 3.57. The molecule has 0 amide bonds. The molecule has 0 nitrogen and oxygen atoms in total. The minimum atomic E-state index is -0.444. The van der Waals surface area contributed by atoms with Crippen LogP contribution in [0, 0.1) is 0 Å². The van der Waals surface area contributed by atoms with Crippen LogP contribution in [-0.2, 0) is 16.1 Å². The van der Waals surface area contributed by atoms with E-state index in [1.165, 1.54) is 36.2 Å². The quantitative estimate of drug-likeness (QED) is 0.321. The van der Waals surface area contributed by atoms with E-state index in [0.29, 0.717) is 7.92 Å². The van der Waals surface area contributed by atoms with Crippen LogP contribution in [0.15, 0.2) is 0 Å². The van der Waals surface area contributed by atoms with Gasteiger partial charge in [-0.25, -0.2) is 0 Å². The van der Waals surface area contributed by atoms with Gasteiger partial charge in [-0.3, -0.25) is 0 Å². The summed E-state index contributed by atoms with van der Waals surface area (Å²) in [5.74, 6) is 0. The Hall–Kier alpha value is 1.12. The Morgan fingerprint density at radius 3 is 0.917 bits per heavy atom. The summed E-state index contributed by atoms with van der Waals surface area (Å²) in [5, 5.41) is 0. The van der Waals surface area contributed by atoms with Crippen molar-refractivity contribution in [2.45, 2.75) is 133 Å². The van der Waals surface area contributed by atoms with Gasteiger partial charge < -0.3 is 0 Å². The summed E-state index contributed by atoms with van der Waals surface area (Å²) in [6.45, 7) is 0. The zero-order valence-electron chi connectivity index (χ0n) is 15.9. The molecule has 0 aromatic heterocycles. The molecule has 2 heteroatoms. The van der Waals surface area contributed by atoms with Gasteiger partial charge in [0.2, 0.25) is 0 Å². The van der Waals surface area contributed by atoms with Crippen LogP contribution in [-0.4, -0.2) is 17.0 Å². The van der Waals surface area contributed by atoms with Crippen LogP contribution in [0.4, 0.5) is 0 Å². The molecule has 2 aliphatic heterocycles. The van der Waals surface area contributed by atoms with Crippen LogP contribution in [0.25, 0.3) is 0 Å². The van der Waals surface area contributed by atoms with Gasteiger partial charge in [-0.2, -0.15) is 0 Å². The molecular formula is C22H41PPt. The third-order valence-corrected chi connectivity index (χ3v) is 20.0. The van der Waals surface area contributed by atoms with Crippen LogP contribution in [0.3, 0.4) is 0 Å². The second-order valence-electron chi connectivity index (χ2n) is 8.90. The SMILES string of the molecule is C1CCC(P(C2CCCCC2)C2CCCCC2)CC1.[CH2]1[CH2][Pt]12[CH2][CH2]2. The molecule has 24 heavy (non-hydrogen) atoms. The van der Waals surface area contributed by atoms with Crippen molar-refractivity contribution in [1.29, 1.82) is 0 Å². The Morgan fingerprint density at radius 2 is 0.708 bits per heavy atom. The fraction of sp³-hybridized carbons (Fsp3) is 1.00. The summed E-state index contributed by atoms with van der Waals surface area (Å²) in [7, 11) is 0.385. The predicted molar refractivity (Wildman–Crippen MR) is 107 cm³/mol. The van der Waals surface area contributed by atoms with Gasteiger partial charge in [-0.1, -0.05) is 65.7 Å². The van der Waals surface area contributed by atoms with E-state index in [1.54, 1.807) is 96.3 Å². The molecule has 0 N–H and O–H groups in total. The topological polar surface area (TPSA) is 0 Å². The van der Waals surface area contributed by atoms with Crippen molar-refractivity contribution in [2.24, 2.45) is 0 Å². The van der Waals surface area contributed by atoms with Gasteiger partial charge in [0.25, 0.3) is 0 Å². The molecule has 5 fully saturated rings. The monoisotopic (exact) mass is 531 g/mol. The predicted octanol–water partition coefficient (Wildman–Crippen LogP) is 8.31. The van der Waals surface area contributed by atoms with Crippen molar-refractivity contribution >= 4 is 7.92 Å². The average Bonchev–Trinajstić information content (AvgIpc) is 3.60. The maximum atomic E-state index is 1.74. The third-order valence-electron chi connectivity index (χ3n) is 7.20. The van der Waals surface area contributed by atoms with Crippen LogP contribution in [0.2, 0.25) is 19.2 Å². The second-order valence-corrected chi connectivity index (χ2v) is 23.4. The van der Waals surface area contributed by atoms with Crippen LogP contribution < -0.4 is 0 Å². The minimum absolute atomic E-state index is 0.385. The summed E-state index contributed by atoms with van der Waals surface area (Å²) >= 11 is -0.444. The molecule has 0 unspecified atom stereocenters. The standard InChI is InChI=1S/C18H33P.2C2H4.Pt/c1-4-10-16(11-5-1)19(17-12-6-2-7-13-17)18-14-8-3-9-15-18;2*1-2;/h16-18H,1-15H2;2*1-2H2;. The maximum absolute atomic E-state index is 1.74. The molecule has 3 aliphatic carbocycles. The Kier molecular flexibility index (Phi) is 6.83. The molecule has 2 saturated heterocycles. The van der Waals surface area contributed by atoms with Crippen molar-refractivity contribution in [3.05, 3.63) is 0 Å². The first-order valence-corrected chi connectivity index (χ1v) is 19.1. The third kappa shape index (κ3) is 5.09. The van der Waals surface area contributed by atoms with E-state index in [9.17, 15) is 0 Å². The summed E-state index contributed by atoms with van der Waals surface area (Å²) in [6, 6.07) is 0. The van der Waals surface area contributed by atoms with Crippen molar-refractivity contribution in [2.75, 3.05) is 0 Å². The number of hydrogen-bond donors (Lipinski definition) is 0. The van der Waals surface area contributed by atoms with E-state index in [2.05, 4.69) is 0 Å². The fourth-order valence-corrected chi connectivity index (χ4v) is 21.8. The van der Waals surface area contributed by atoms with Gasteiger partial charge in [-0.05, 0) is 55.5 Å². The van der Waals surface area contributed by atoms with Crippen LogP contribution in [0.1, 0.15) is 96.3 Å². The first kappa shape index (κ1) is 18.5. The Labute approximate surface area is 156 Å². The Bertz CT molecular complexity index is 313. The molecule has 1 spiro atoms. The zero-order chi connectivity index (χ0) is 16.2. The van der Waals surface area contributed by atoms with Gasteiger partial charge in [0.05, 0.1) is 0 Å². The summed E-state index contributed by atoms with van der Waals surface area (Å²) < 4.78 is 0. The fourth-order valence-electron chi connectivity index (χ4n) is 5.49.